The molecule has 0 spiro atoms. The topological polar surface area (TPSA) is 36.4 Å². The number of nitrogens with one attached hydrogen (secondary N) is 2. The molecule has 1 fully saturated rings. The van der Waals surface area contributed by atoms with E-state index >= 15 is 0 Å². The van der Waals surface area contributed by atoms with Gasteiger partial charge >= 0.3 is 0 Å². The van der Waals surface area contributed by atoms with Crippen molar-refractivity contribution in [1.82, 2.24) is 10.6 Å². The molecule has 1 rings (SSSR count). The summed E-state index contributed by atoms with van der Waals surface area (Å²) in [5.74, 6) is 3.50. The molecule has 1 aliphatic rings. The predicted octanol–water partition coefficient (Wildman–Crippen LogP) is 3.49. The van der Waals surface area contributed by atoms with Gasteiger partial charge in [-0.25, -0.2) is 0 Å². The number of aliphatic imine (C=N–C) groups is 1. The maximum Gasteiger partial charge on any atom is 0.191 e. The standard InChI is InChI=1S/C14H29N3S.HI/c1-14(2,3)8-6-9-16-13(15-4)17-12-7-5-10-18-11-12;/h12H,5-11H2,1-4H3,(H2,15,16,17);1H. The molecule has 0 amide bonds. The minimum atomic E-state index is 0. The molecule has 0 saturated carbocycles. The van der Waals surface area contributed by atoms with Gasteiger partial charge in [0, 0.05) is 25.4 Å². The van der Waals surface area contributed by atoms with Gasteiger partial charge in [0.1, 0.15) is 0 Å². The second kappa shape index (κ2) is 10.1. The zero-order chi connectivity index (χ0) is 13.4. The number of rotatable bonds is 4. The quantitative estimate of drug-likeness (QED) is 0.329. The van der Waals surface area contributed by atoms with Crippen molar-refractivity contribution in [1.29, 1.82) is 0 Å². The third kappa shape index (κ3) is 9.82. The van der Waals surface area contributed by atoms with Crippen LogP contribution in [0.5, 0.6) is 0 Å². The molecule has 0 bridgehead atoms. The molecule has 0 aliphatic carbocycles. The molecule has 1 heterocycles. The molecule has 0 radical (unpaired) electrons. The lowest BCUT2D eigenvalue weighted by Crippen LogP contribution is -2.45. The maximum absolute atomic E-state index is 4.30. The Hall–Kier alpha value is 0.350. The molecule has 19 heavy (non-hydrogen) atoms. The van der Waals surface area contributed by atoms with Gasteiger partial charge in [-0.2, -0.15) is 11.8 Å². The highest BCUT2D eigenvalue weighted by atomic mass is 127. The van der Waals surface area contributed by atoms with E-state index in [2.05, 4.69) is 36.4 Å². The fraction of sp³-hybridized carbons (Fsp3) is 0.929. The molecule has 0 aromatic heterocycles. The SMILES string of the molecule is CN=C(NCCCC(C)(C)C)NC1CCCSC1.I. The van der Waals surface area contributed by atoms with E-state index < -0.39 is 0 Å². The highest BCUT2D eigenvalue weighted by Gasteiger charge is 2.14. The predicted molar refractivity (Wildman–Crippen MR) is 98.9 cm³/mol. The van der Waals surface area contributed by atoms with Crippen molar-refractivity contribution in [2.45, 2.75) is 52.5 Å². The van der Waals surface area contributed by atoms with Crippen LogP contribution in [0.3, 0.4) is 0 Å². The van der Waals surface area contributed by atoms with Gasteiger partial charge in [0.15, 0.2) is 5.96 Å². The molecule has 1 unspecified atom stereocenters. The van der Waals surface area contributed by atoms with Crippen LogP contribution in [0.2, 0.25) is 0 Å². The molecule has 1 aliphatic heterocycles. The highest BCUT2D eigenvalue weighted by molar-refractivity contribution is 14.0. The number of guanidine groups is 1. The summed E-state index contributed by atoms with van der Waals surface area (Å²) in [4.78, 5) is 4.30. The van der Waals surface area contributed by atoms with Gasteiger partial charge in [0.25, 0.3) is 0 Å². The van der Waals surface area contributed by atoms with Crippen LogP contribution >= 0.6 is 35.7 Å². The summed E-state index contributed by atoms with van der Waals surface area (Å²) < 4.78 is 0. The van der Waals surface area contributed by atoms with E-state index in [1.54, 1.807) is 0 Å². The molecular formula is C14H30IN3S. The summed E-state index contributed by atoms with van der Waals surface area (Å²) in [5, 5.41) is 6.94. The van der Waals surface area contributed by atoms with E-state index in [1.807, 2.05) is 18.8 Å². The van der Waals surface area contributed by atoms with Crippen LogP contribution in [0, 0.1) is 5.41 Å². The Labute approximate surface area is 140 Å². The summed E-state index contributed by atoms with van der Waals surface area (Å²) in [7, 11) is 1.86. The van der Waals surface area contributed by atoms with E-state index in [0.717, 1.165) is 12.5 Å². The number of thioether (sulfide) groups is 1. The summed E-state index contributed by atoms with van der Waals surface area (Å²) >= 11 is 2.04. The van der Waals surface area contributed by atoms with Gasteiger partial charge < -0.3 is 10.6 Å². The molecule has 3 nitrogen and oxygen atoms in total. The van der Waals surface area contributed by atoms with E-state index in [0.29, 0.717) is 11.5 Å². The van der Waals surface area contributed by atoms with E-state index in [1.165, 1.54) is 37.2 Å². The number of nitrogens with zero attached hydrogens (tertiary/aromatic N) is 1. The molecule has 5 heteroatoms. The summed E-state index contributed by atoms with van der Waals surface area (Å²) in [6.45, 7) is 7.88. The fourth-order valence-electron chi connectivity index (χ4n) is 2.07. The third-order valence-corrected chi connectivity index (χ3v) is 4.34. The molecular weight excluding hydrogens is 369 g/mol. The first kappa shape index (κ1) is 19.4. The van der Waals surface area contributed by atoms with Gasteiger partial charge in [-0.15, -0.1) is 24.0 Å². The number of hydrogen-bond donors (Lipinski definition) is 2. The van der Waals surface area contributed by atoms with Crippen molar-refractivity contribution in [3.05, 3.63) is 0 Å². The number of halogens is 1. The fourth-order valence-corrected chi connectivity index (χ4v) is 3.14. The minimum Gasteiger partial charge on any atom is -0.356 e. The Bertz CT molecular complexity index is 258. The lowest BCUT2D eigenvalue weighted by atomic mass is 9.91. The summed E-state index contributed by atoms with van der Waals surface area (Å²) in [5.41, 5.74) is 0.429. The minimum absolute atomic E-state index is 0. The zero-order valence-corrected chi connectivity index (χ0v) is 15.9. The van der Waals surface area contributed by atoms with Crippen LogP contribution in [0.4, 0.5) is 0 Å². The molecule has 114 valence electrons. The first-order valence-electron chi connectivity index (χ1n) is 7.06. The smallest absolute Gasteiger partial charge is 0.191 e. The van der Waals surface area contributed by atoms with Gasteiger partial charge in [0.05, 0.1) is 0 Å². The Kier molecular flexibility index (Phi) is 10.3. The average molecular weight is 399 g/mol. The second-order valence-corrected chi connectivity index (χ2v) is 7.37. The van der Waals surface area contributed by atoms with Crippen molar-refractivity contribution in [2.24, 2.45) is 10.4 Å². The van der Waals surface area contributed by atoms with Gasteiger partial charge in [0.2, 0.25) is 0 Å². The zero-order valence-electron chi connectivity index (χ0n) is 12.8. The van der Waals surface area contributed by atoms with Crippen LogP contribution in [0.1, 0.15) is 46.5 Å². The lowest BCUT2D eigenvalue weighted by molar-refractivity contribution is 0.365. The van der Waals surface area contributed by atoms with Crippen molar-refractivity contribution in [3.8, 4) is 0 Å². The Balaban J connectivity index is 0.00000324. The maximum atomic E-state index is 4.30. The van der Waals surface area contributed by atoms with Crippen LogP contribution in [0.15, 0.2) is 4.99 Å². The summed E-state index contributed by atoms with van der Waals surface area (Å²) in [6, 6.07) is 0.595. The van der Waals surface area contributed by atoms with Crippen molar-refractivity contribution in [2.75, 3.05) is 25.1 Å². The first-order chi connectivity index (χ1) is 8.51. The largest absolute Gasteiger partial charge is 0.356 e. The highest BCUT2D eigenvalue weighted by Crippen LogP contribution is 2.19. The van der Waals surface area contributed by atoms with Crippen LogP contribution in [-0.4, -0.2) is 37.1 Å². The number of hydrogen-bond acceptors (Lipinski definition) is 2. The summed E-state index contributed by atoms with van der Waals surface area (Å²) in [6.07, 6.45) is 5.04. The van der Waals surface area contributed by atoms with Gasteiger partial charge in [-0.3, -0.25) is 4.99 Å². The van der Waals surface area contributed by atoms with Crippen LogP contribution in [-0.2, 0) is 0 Å². The Morgan fingerprint density at radius 3 is 2.63 bits per heavy atom. The van der Waals surface area contributed by atoms with Gasteiger partial charge in [-0.05, 0) is 36.9 Å². The lowest BCUT2D eigenvalue weighted by Gasteiger charge is -2.25. The second-order valence-electron chi connectivity index (χ2n) is 6.22. The molecule has 2 N–H and O–H groups in total. The first-order valence-corrected chi connectivity index (χ1v) is 8.22. The third-order valence-electron chi connectivity index (χ3n) is 3.12. The van der Waals surface area contributed by atoms with Crippen LogP contribution in [0.25, 0.3) is 0 Å². The molecule has 0 aromatic carbocycles. The average Bonchev–Trinajstić information content (AvgIpc) is 2.33. The van der Waals surface area contributed by atoms with Crippen molar-refractivity contribution < 1.29 is 0 Å². The van der Waals surface area contributed by atoms with E-state index in [-0.39, 0.29) is 24.0 Å². The van der Waals surface area contributed by atoms with E-state index in [9.17, 15) is 0 Å². The van der Waals surface area contributed by atoms with Crippen LogP contribution < -0.4 is 10.6 Å². The van der Waals surface area contributed by atoms with Crippen molar-refractivity contribution in [3.63, 3.8) is 0 Å². The normalized spacial score (nSPS) is 20.6. The van der Waals surface area contributed by atoms with Crippen molar-refractivity contribution >= 4 is 41.7 Å². The van der Waals surface area contributed by atoms with Gasteiger partial charge in [-0.1, -0.05) is 20.8 Å². The molecule has 1 atom stereocenters. The molecule has 1 saturated heterocycles. The Morgan fingerprint density at radius 2 is 2.11 bits per heavy atom. The Morgan fingerprint density at radius 1 is 1.37 bits per heavy atom. The van der Waals surface area contributed by atoms with E-state index in [4.69, 9.17) is 0 Å². The molecule has 0 aromatic rings. The monoisotopic (exact) mass is 399 g/mol.